The molecule has 0 atom stereocenters. The van der Waals surface area contributed by atoms with E-state index in [1.165, 1.54) is 6.07 Å². The topological polar surface area (TPSA) is 38.9 Å². The smallest absolute Gasteiger partial charge is 0.247 e. The first-order valence-electron chi connectivity index (χ1n) is 4.86. The molecule has 1 heterocycles. The van der Waals surface area contributed by atoms with E-state index in [-0.39, 0.29) is 11.7 Å². The number of halogens is 2. The lowest BCUT2D eigenvalue weighted by atomic mass is 10.2. The van der Waals surface area contributed by atoms with E-state index in [2.05, 4.69) is 26.1 Å². The van der Waals surface area contributed by atoms with Crippen molar-refractivity contribution in [2.24, 2.45) is 0 Å². The maximum absolute atomic E-state index is 13.0. The van der Waals surface area contributed by atoms with Gasteiger partial charge in [0.1, 0.15) is 5.82 Å². The Morgan fingerprint density at radius 3 is 2.62 bits per heavy atom. The third-order valence-electron chi connectivity index (χ3n) is 2.10. The standard InChI is InChI=1S/C11H10BrFN2O/c1-6(2)10-14-15-11(16-10)7-3-4-9(13)8(12)5-7/h3-6H,1-2H3. The number of benzene rings is 1. The van der Waals surface area contributed by atoms with Crippen LogP contribution in [0.2, 0.25) is 0 Å². The zero-order valence-electron chi connectivity index (χ0n) is 8.87. The predicted molar refractivity (Wildman–Crippen MR) is 61.5 cm³/mol. The van der Waals surface area contributed by atoms with E-state index >= 15 is 0 Å². The second-order valence-corrected chi connectivity index (χ2v) is 4.58. The molecule has 0 amide bonds. The number of nitrogens with zero attached hydrogens (tertiary/aromatic N) is 2. The summed E-state index contributed by atoms with van der Waals surface area (Å²) in [5.74, 6) is 0.859. The fraction of sp³-hybridized carbons (Fsp3) is 0.273. The number of rotatable bonds is 2. The molecule has 1 aromatic carbocycles. The molecule has 0 N–H and O–H groups in total. The van der Waals surface area contributed by atoms with Crippen molar-refractivity contribution in [1.82, 2.24) is 10.2 Å². The summed E-state index contributed by atoms with van der Waals surface area (Å²) in [5, 5.41) is 7.84. The Hall–Kier alpha value is -1.23. The van der Waals surface area contributed by atoms with Crippen LogP contribution in [-0.4, -0.2) is 10.2 Å². The van der Waals surface area contributed by atoms with Crippen LogP contribution in [0.3, 0.4) is 0 Å². The molecule has 0 spiro atoms. The monoisotopic (exact) mass is 284 g/mol. The van der Waals surface area contributed by atoms with Crippen molar-refractivity contribution < 1.29 is 8.81 Å². The third kappa shape index (κ3) is 2.14. The largest absolute Gasteiger partial charge is 0.420 e. The van der Waals surface area contributed by atoms with Crippen LogP contribution >= 0.6 is 15.9 Å². The molecule has 0 unspecified atom stereocenters. The van der Waals surface area contributed by atoms with Gasteiger partial charge in [-0.05, 0) is 34.1 Å². The Balaban J connectivity index is 2.39. The van der Waals surface area contributed by atoms with Gasteiger partial charge in [0.2, 0.25) is 11.8 Å². The average Bonchev–Trinajstić information content (AvgIpc) is 2.71. The van der Waals surface area contributed by atoms with Crippen molar-refractivity contribution in [3.05, 3.63) is 34.4 Å². The average molecular weight is 285 g/mol. The van der Waals surface area contributed by atoms with Crippen molar-refractivity contribution in [1.29, 1.82) is 0 Å². The van der Waals surface area contributed by atoms with Crippen LogP contribution in [0.4, 0.5) is 4.39 Å². The van der Waals surface area contributed by atoms with Gasteiger partial charge in [0.05, 0.1) is 4.47 Å². The lowest BCUT2D eigenvalue weighted by Crippen LogP contribution is -1.85. The molecule has 0 saturated carbocycles. The maximum Gasteiger partial charge on any atom is 0.247 e. The van der Waals surface area contributed by atoms with Crippen molar-refractivity contribution in [2.45, 2.75) is 19.8 Å². The first-order valence-corrected chi connectivity index (χ1v) is 5.66. The van der Waals surface area contributed by atoms with Gasteiger partial charge in [-0.2, -0.15) is 0 Å². The molecule has 2 rings (SSSR count). The van der Waals surface area contributed by atoms with E-state index in [9.17, 15) is 4.39 Å². The highest BCUT2D eigenvalue weighted by Gasteiger charge is 2.12. The lowest BCUT2D eigenvalue weighted by Gasteiger charge is -1.98. The molecule has 0 aliphatic heterocycles. The van der Waals surface area contributed by atoms with Crippen LogP contribution in [0.1, 0.15) is 25.7 Å². The van der Waals surface area contributed by atoms with Crippen LogP contribution in [0.5, 0.6) is 0 Å². The van der Waals surface area contributed by atoms with E-state index in [4.69, 9.17) is 4.42 Å². The second-order valence-electron chi connectivity index (χ2n) is 3.73. The van der Waals surface area contributed by atoms with E-state index in [1.54, 1.807) is 12.1 Å². The molecule has 16 heavy (non-hydrogen) atoms. The third-order valence-corrected chi connectivity index (χ3v) is 2.71. The highest BCUT2D eigenvalue weighted by atomic mass is 79.9. The lowest BCUT2D eigenvalue weighted by molar-refractivity contribution is 0.481. The van der Waals surface area contributed by atoms with Gasteiger partial charge in [0.15, 0.2) is 0 Å². The Bertz CT molecular complexity index is 510. The molecular formula is C11H10BrFN2O. The second kappa shape index (κ2) is 4.33. The molecule has 84 valence electrons. The minimum Gasteiger partial charge on any atom is -0.420 e. The van der Waals surface area contributed by atoms with E-state index in [0.717, 1.165) is 0 Å². The molecular weight excluding hydrogens is 275 g/mol. The highest BCUT2D eigenvalue weighted by Crippen LogP contribution is 2.25. The summed E-state index contributed by atoms with van der Waals surface area (Å²) in [7, 11) is 0. The first-order chi connectivity index (χ1) is 7.58. The van der Waals surface area contributed by atoms with Crippen LogP contribution in [0.25, 0.3) is 11.5 Å². The number of hydrogen-bond acceptors (Lipinski definition) is 3. The fourth-order valence-electron chi connectivity index (χ4n) is 1.21. The Kier molecular flexibility index (Phi) is 3.05. The molecule has 2 aromatic rings. The Morgan fingerprint density at radius 2 is 2.06 bits per heavy atom. The summed E-state index contributed by atoms with van der Waals surface area (Å²) in [6.45, 7) is 3.94. The SMILES string of the molecule is CC(C)c1nnc(-c2ccc(F)c(Br)c2)o1. The molecule has 0 radical (unpaired) electrons. The fourth-order valence-corrected chi connectivity index (χ4v) is 1.59. The zero-order chi connectivity index (χ0) is 11.7. The minimum absolute atomic E-state index is 0.185. The van der Waals surface area contributed by atoms with Crippen LogP contribution < -0.4 is 0 Å². The van der Waals surface area contributed by atoms with Crippen molar-refractivity contribution in [3.8, 4) is 11.5 Å². The van der Waals surface area contributed by atoms with E-state index in [0.29, 0.717) is 21.8 Å². The van der Waals surface area contributed by atoms with Gasteiger partial charge >= 0.3 is 0 Å². The molecule has 0 aliphatic carbocycles. The molecule has 0 fully saturated rings. The summed E-state index contributed by atoms with van der Waals surface area (Å²) in [6.07, 6.45) is 0. The molecule has 0 saturated heterocycles. The van der Waals surface area contributed by atoms with Gasteiger partial charge < -0.3 is 4.42 Å². The maximum atomic E-state index is 13.0. The van der Waals surface area contributed by atoms with Crippen molar-refractivity contribution >= 4 is 15.9 Å². The molecule has 1 aromatic heterocycles. The van der Waals surface area contributed by atoms with Crippen LogP contribution in [0.15, 0.2) is 27.1 Å². The summed E-state index contributed by atoms with van der Waals surface area (Å²) < 4.78 is 18.9. The summed E-state index contributed by atoms with van der Waals surface area (Å²) in [5.41, 5.74) is 0.702. The number of aromatic nitrogens is 2. The summed E-state index contributed by atoms with van der Waals surface area (Å²) in [6, 6.07) is 4.59. The summed E-state index contributed by atoms with van der Waals surface area (Å²) >= 11 is 3.11. The highest BCUT2D eigenvalue weighted by molar-refractivity contribution is 9.10. The van der Waals surface area contributed by atoms with Crippen molar-refractivity contribution in [3.63, 3.8) is 0 Å². The van der Waals surface area contributed by atoms with Gasteiger partial charge in [-0.15, -0.1) is 10.2 Å². The zero-order valence-corrected chi connectivity index (χ0v) is 10.5. The van der Waals surface area contributed by atoms with Gasteiger partial charge in [0.25, 0.3) is 0 Å². The van der Waals surface area contributed by atoms with Gasteiger partial charge in [-0.25, -0.2) is 4.39 Å². The van der Waals surface area contributed by atoms with Gasteiger partial charge in [-0.1, -0.05) is 13.8 Å². The van der Waals surface area contributed by atoms with E-state index in [1.807, 2.05) is 13.8 Å². The molecule has 3 nitrogen and oxygen atoms in total. The quantitative estimate of drug-likeness (QED) is 0.843. The Labute approximate surface area is 101 Å². The summed E-state index contributed by atoms with van der Waals surface area (Å²) in [4.78, 5) is 0. The minimum atomic E-state index is -0.313. The molecule has 0 bridgehead atoms. The van der Waals surface area contributed by atoms with Crippen LogP contribution in [-0.2, 0) is 0 Å². The first kappa shape index (κ1) is 11.3. The van der Waals surface area contributed by atoms with Crippen molar-refractivity contribution in [2.75, 3.05) is 0 Å². The van der Waals surface area contributed by atoms with E-state index < -0.39 is 0 Å². The Morgan fingerprint density at radius 1 is 1.31 bits per heavy atom. The normalized spacial score (nSPS) is 11.1. The van der Waals surface area contributed by atoms with Gasteiger partial charge in [0, 0.05) is 11.5 Å². The van der Waals surface area contributed by atoms with Crippen LogP contribution in [0, 0.1) is 5.82 Å². The van der Waals surface area contributed by atoms with Gasteiger partial charge in [-0.3, -0.25) is 0 Å². The number of hydrogen-bond donors (Lipinski definition) is 0. The predicted octanol–water partition coefficient (Wildman–Crippen LogP) is 3.76. The molecule has 0 aliphatic rings. The molecule has 5 heteroatoms.